The Hall–Kier alpha value is -2.56. The maximum atomic E-state index is 12.1. The maximum absolute atomic E-state index is 12.1. The van der Waals surface area contributed by atoms with E-state index in [4.69, 9.17) is 4.74 Å². The molecule has 1 aliphatic heterocycles. The van der Waals surface area contributed by atoms with Crippen molar-refractivity contribution >= 4 is 11.8 Å². The topological polar surface area (TPSA) is 67.0 Å². The summed E-state index contributed by atoms with van der Waals surface area (Å²) in [7, 11) is 1.40. The average molecular weight is 269 g/mol. The van der Waals surface area contributed by atoms with E-state index in [0.29, 0.717) is 5.57 Å². The van der Waals surface area contributed by atoms with Gasteiger partial charge in [-0.2, -0.15) is 5.10 Å². The molecule has 2 aromatic rings. The number of aromatic amines is 1. The van der Waals surface area contributed by atoms with Crippen molar-refractivity contribution in [2.45, 2.75) is 12.8 Å². The summed E-state index contributed by atoms with van der Waals surface area (Å²) in [6.45, 7) is 1.87. The number of allylic oxidation sites excluding steroid dienone is 1. The van der Waals surface area contributed by atoms with Crippen LogP contribution in [0.2, 0.25) is 0 Å². The number of rotatable bonds is 2. The van der Waals surface area contributed by atoms with Gasteiger partial charge in [-0.05, 0) is 12.5 Å². The molecular weight excluding hydrogens is 254 g/mol. The van der Waals surface area contributed by atoms with Gasteiger partial charge in [0.25, 0.3) is 0 Å². The van der Waals surface area contributed by atoms with Crippen molar-refractivity contribution in [1.82, 2.24) is 10.2 Å². The minimum Gasteiger partial charge on any atom is -0.466 e. The van der Waals surface area contributed by atoms with Crippen molar-refractivity contribution in [2.75, 3.05) is 12.4 Å². The van der Waals surface area contributed by atoms with E-state index in [9.17, 15) is 4.79 Å². The van der Waals surface area contributed by atoms with E-state index in [1.165, 1.54) is 7.11 Å². The van der Waals surface area contributed by atoms with Gasteiger partial charge >= 0.3 is 5.97 Å². The standard InChI is InChI=1S/C15H15N3O2/c1-9-12(15(19)20-2)13(10-6-4-3-5-7-10)11-8-16-18-14(11)17-9/h3-8,13H,1-2H3,(H2,16,17,18)/t13-/m0/s1. The number of hydrogen-bond acceptors (Lipinski definition) is 4. The first-order valence-electron chi connectivity index (χ1n) is 6.36. The van der Waals surface area contributed by atoms with Crippen LogP contribution in [0, 0.1) is 0 Å². The molecule has 20 heavy (non-hydrogen) atoms. The van der Waals surface area contributed by atoms with Crippen LogP contribution in [0.3, 0.4) is 0 Å². The first kappa shape index (κ1) is 12.5. The fourth-order valence-corrected chi connectivity index (χ4v) is 2.61. The van der Waals surface area contributed by atoms with Gasteiger partial charge in [-0.15, -0.1) is 0 Å². The van der Waals surface area contributed by atoms with Gasteiger partial charge in [0.05, 0.1) is 18.9 Å². The molecule has 3 rings (SSSR count). The second-order valence-corrected chi connectivity index (χ2v) is 4.70. The van der Waals surface area contributed by atoms with Crippen LogP contribution in [-0.4, -0.2) is 23.3 Å². The van der Waals surface area contributed by atoms with Gasteiger partial charge in [0.15, 0.2) is 0 Å². The van der Waals surface area contributed by atoms with Crippen LogP contribution < -0.4 is 5.32 Å². The number of aromatic nitrogens is 2. The molecule has 0 saturated heterocycles. The zero-order valence-corrected chi connectivity index (χ0v) is 11.3. The number of H-pyrrole nitrogens is 1. The SMILES string of the molecule is COC(=O)C1=C(C)Nc2[nH]ncc2[C@@H]1c1ccccc1. The summed E-state index contributed by atoms with van der Waals surface area (Å²) >= 11 is 0. The lowest BCUT2D eigenvalue weighted by Gasteiger charge is -2.26. The van der Waals surface area contributed by atoms with E-state index in [-0.39, 0.29) is 11.9 Å². The van der Waals surface area contributed by atoms with Crippen LogP contribution in [0.1, 0.15) is 24.0 Å². The number of carbonyl (C=O) groups excluding carboxylic acids is 1. The molecule has 0 aliphatic carbocycles. The number of esters is 1. The van der Waals surface area contributed by atoms with Gasteiger partial charge in [-0.25, -0.2) is 4.79 Å². The number of anilines is 1. The zero-order valence-electron chi connectivity index (χ0n) is 11.3. The summed E-state index contributed by atoms with van der Waals surface area (Å²) in [6, 6.07) is 9.88. The van der Waals surface area contributed by atoms with Crippen molar-refractivity contribution in [3.63, 3.8) is 0 Å². The number of fused-ring (bicyclic) bond motifs is 1. The smallest absolute Gasteiger partial charge is 0.336 e. The highest BCUT2D eigenvalue weighted by molar-refractivity contribution is 5.94. The van der Waals surface area contributed by atoms with Gasteiger partial charge in [0.2, 0.25) is 0 Å². The average Bonchev–Trinajstić information content (AvgIpc) is 2.93. The van der Waals surface area contributed by atoms with Crippen molar-refractivity contribution in [3.8, 4) is 0 Å². The van der Waals surface area contributed by atoms with Crippen LogP contribution >= 0.6 is 0 Å². The number of ether oxygens (including phenoxy) is 1. The first-order chi connectivity index (χ1) is 9.72. The molecule has 0 bridgehead atoms. The van der Waals surface area contributed by atoms with Crippen LogP contribution in [0.15, 0.2) is 47.8 Å². The Morgan fingerprint density at radius 3 is 2.75 bits per heavy atom. The molecule has 1 aromatic carbocycles. The Kier molecular flexibility index (Phi) is 3.02. The molecule has 0 spiro atoms. The molecule has 102 valence electrons. The van der Waals surface area contributed by atoms with E-state index in [0.717, 1.165) is 22.6 Å². The lowest BCUT2D eigenvalue weighted by atomic mass is 9.83. The zero-order chi connectivity index (χ0) is 14.1. The van der Waals surface area contributed by atoms with Crippen molar-refractivity contribution in [3.05, 3.63) is 58.9 Å². The molecular formula is C15H15N3O2. The maximum Gasteiger partial charge on any atom is 0.336 e. The lowest BCUT2D eigenvalue weighted by molar-refractivity contribution is -0.136. The minimum absolute atomic E-state index is 0.168. The molecule has 0 fully saturated rings. The minimum atomic E-state index is -0.323. The summed E-state index contributed by atoms with van der Waals surface area (Å²) in [5.74, 6) is 0.332. The molecule has 0 unspecified atom stereocenters. The molecule has 5 nitrogen and oxygen atoms in total. The van der Waals surface area contributed by atoms with Crippen LogP contribution in [0.4, 0.5) is 5.82 Å². The highest BCUT2D eigenvalue weighted by Gasteiger charge is 2.33. The Bertz CT molecular complexity index is 673. The van der Waals surface area contributed by atoms with Gasteiger partial charge in [-0.1, -0.05) is 30.3 Å². The van der Waals surface area contributed by atoms with Gasteiger partial charge in [-0.3, -0.25) is 5.10 Å². The van der Waals surface area contributed by atoms with Gasteiger partial charge < -0.3 is 10.1 Å². The summed E-state index contributed by atoms with van der Waals surface area (Å²) in [6.07, 6.45) is 1.75. The highest BCUT2D eigenvalue weighted by atomic mass is 16.5. The number of carbonyl (C=O) groups is 1. The van der Waals surface area contributed by atoms with Crippen molar-refractivity contribution < 1.29 is 9.53 Å². The van der Waals surface area contributed by atoms with E-state index in [1.54, 1.807) is 6.20 Å². The fraction of sp³-hybridized carbons (Fsp3) is 0.200. The summed E-state index contributed by atoms with van der Waals surface area (Å²) in [5.41, 5.74) is 3.38. The largest absolute Gasteiger partial charge is 0.466 e. The molecule has 0 amide bonds. The third kappa shape index (κ3) is 1.87. The lowest BCUT2D eigenvalue weighted by Crippen LogP contribution is -2.23. The third-order valence-electron chi connectivity index (χ3n) is 3.52. The number of methoxy groups -OCH3 is 1. The molecule has 5 heteroatoms. The van der Waals surface area contributed by atoms with E-state index >= 15 is 0 Å². The van der Waals surface area contributed by atoms with Crippen molar-refractivity contribution in [1.29, 1.82) is 0 Å². The van der Waals surface area contributed by atoms with Crippen molar-refractivity contribution in [2.24, 2.45) is 0 Å². The molecule has 1 aliphatic rings. The molecule has 2 N–H and O–H groups in total. The first-order valence-corrected chi connectivity index (χ1v) is 6.36. The monoisotopic (exact) mass is 269 g/mol. The molecule has 0 radical (unpaired) electrons. The normalized spacial score (nSPS) is 17.4. The van der Waals surface area contributed by atoms with Crippen LogP contribution in [-0.2, 0) is 9.53 Å². The quantitative estimate of drug-likeness (QED) is 0.822. The predicted octanol–water partition coefficient (Wildman–Crippen LogP) is 2.41. The fourth-order valence-electron chi connectivity index (χ4n) is 2.61. The van der Waals surface area contributed by atoms with Crippen LogP contribution in [0.5, 0.6) is 0 Å². The third-order valence-corrected chi connectivity index (χ3v) is 3.52. The summed E-state index contributed by atoms with van der Waals surface area (Å²) < 4.78 is 4.94. The molecule has 0 saturated carbocycles. The molecule has 2 heterocycles. The number of nitrogens with zero attached hydrogens (tertiary/aromatic N) is 1. The number of hydrogen-bond donors (Lipinski definition) is 2. The number of nitrogens with one attached hydrogen (secondary N) is 2. The van der Waals surface area contributed by atoms with Gasteiger partial charge in [0.1, 0.15) is 5.82 Å². The Morgan fingerprint density at radius 1 is 1.30 bits per heavy atom. The predicted molar refractivity (Wildman–Crippen MR) is 75.2 cm³/mol. The second kappa shape index (κ2) is 4.85. The Labute approximate surface area is 116 Å². The second-order valence-electron chi connectivity index (χ2n) is 4.70. The summed E-state index contributed by atoms with van der Waals surface area (Å²) in [4.78, 5) is 12.1. The Balaban J connectivity index is 2.19. The highest BCUT2D eigenvalue weighted by Crippen LogP contribution is 2.40. The molecule has 1 aromatic heterocycles. The van der Waals surface area contributed by atoms with E-state index in [1.807, 2.05) is 37.3 Å². The summed E-state index contributed by atoms with van der Waals surface area (Å²) in [5, 5.41) is 10.2. The van der Waals surface area contributed by atoms with Crippen LogP contribution in [0.25, 0.3) is 0 Å². The Morgan fingerprint density at radius 2 is 2.05 bits per heavy atom. The molecule has 1 atom stereocenters. The van der Waals surface area contributed by atoms with E-state index in [2.05, 4.69) is 15.5 Å². The number of benzene rings is 1. The van der Waals surface area contributed by atoms with E-state index < -0.39 is 0 Å². The van der Waals surface area contributed by atoms with Gasteiger partial charge in [0, 0.05) is 17.2 Å².